The van der Waals surface area contributed by atoms with E-state index in [4.69, 9.17) is 14.7 Å². The van der Waals surface area contributed by atoms with Crippen LogP contribution in [-0.2, 0) is 6.42 Å². The topological polar surface area (TPSA) is 52.8 Å². The zero-order valence-electron chi connectivity index (χ0n) is 20.7. The molecule has 5 nitrogen and oxygen atoms in total. The van der Waals surface area contributed by atoms with Crippen LogP contribution in [-0.4, -0.2) is 19.5 Å². The van der Waals surface area contributed by atoms with Gasteiger partial charge in [0, 0.05) is 29.0 Å². The number of aromatic nitrogens is 4. The summed E-state index contributed by atoms with van der Waals surface area (Å²) in [7, 11) is 0. The van der Waals surface area contributed by atoms with Gasteiger partial charge in [-0.25, -0.2) is 9.97 Å². The smallest absolute Gasteiger partial charge is 0.153 e. The number of pyridine rings is 2. The van der Waals surface area contributed by atoms with E-state index in [0.29, 0.717) is 0 Å². The average molecular weight is 491 g/mol. The molecule has 0 N–H and O–H groups in total. The lowest BCUT2D eigenvalue weighted by atomic mass is 10.0. The normalized spacial score (nSPS) is 12.1. The van der Waals surface area contributed by atoms with Crippen LogP contribution >= 0.6 is 0 Å². The van der Waals surface area contributed by atoms with Gasteiger partial charge in [-0.1, -0.05) is 67.6 Å². The number of benzene rings is 4. The summed E-state index contributed by atoms with van der Waals surface area (Å²) in [6.45, 7) is 2.14. The molecule has 1 aliphatic heterocycles. The second-order valence-corrected chi connectivity index (χ2v) is 9.61. The van der Waals surface area contributed by atoms with Crippen molar-refractivity contribution in [2.24, 2.45) is 0 Å². The van der Waals surface area contributed by atoms with Gasteiger partial charge < -0.3 is 4.74 Å². The first-order valence-corrected chi connectivity index (χ1v) is 12.8. The number of hydrogen-bond donors (Lipinski definition) is 0. The van der Waals surface area contributed by atoms with Crippen LogP contribution in [0.3, 0.4) is 0 Å². The van der Waals surface area contributed by atoms with Gasteiger partial charge >= 0.3 is 0 Å². The Hall–Kier alpha value is -5.03. The molecule has 0 atom stereocenters. The van der Waals surface area contributed by atoms with Gasteiger partial charge in [0.2, 0.25) is 0 Å². The zero-order chi connectivity index (χ0) is 25.2. The van der Waals surface area contributed by atoms with E-state index in [1.807, 2.05) is 30.5 Å². The Labute approximate surface area is 219 Å². The fraction of sp³-hybridized carbons (Fsp3) is 0.0606. The van der Waals surface area contributed by atoms with Gasteiger partial charge in [0.25, 0.3) is 0 Å². The highest BCUT2D eigenvalue weighted by Crippen LogP contribution is 2.43. The molecule has 0 unspecified atom stereocenters. The van der Waals surface area contributed by atoms with Crippen LogP contribution < -0.4 is 4.74 Å². The minimum absolute atomic E-state index is 0.842. The van der Waals surface area contributed by atoms with E-state index < -0.39 is 0 Å². The number of nitrogens with zero attached hydrogens (tertiary/aromatic N) is 4. The van der Waals surface area contributed by atoms with E-state index >= 15 is 0 Å². The third-order valence-corrected chi connectivity index (χ3v) is 7.39. The lowest BCUT2D eigenvalue weighted by Gasteiger charge is -2.21. The quantitative estimate of drug-likeness (QED) is 0.235. The van der Waals surface area contributed by atoms with Gasteiger partial charge in [0.1, 0.15) is 11.3 Å². The van der Waals surface area contributed by atoms with E-state index in [9.17, 15) is 0 Å². The third kappa shape index (κ3) is 3.08. The predicted octanol–water partition coefficient (Wildman–Crippen LogP) is 8.12. The van der Waals surface area contributed by atoms with E-state index in [1.54, 1.807) is 0 Å². The summed E-state index contributed by atoms with van der Waals surface area (Å²) in [4.78, 5) is 14.4. The largest absolute Gasteiger partial charge is 0.453 e. The molecule has 0 saturated carbocycles. The molecule has 0 amide bonds. The molecule has 0 fully saturated rings. The standard InChI is InChI=1S/C33H22N4O/c1-2-30-35-26-6-3-7-28-33(26)37(30)27-17-15-24(19-29(27)38-28)20-8-10-21(11-9-20)25-16-14-23-13-12-22-5-4-18-34-31(22)32(23)36-25/h3-19H,2H2,1H3. The Bertz CT molecular complexity index is 2040. The number of imidazole rings is 1. The molecule has 180 valence electrons. The van der Waals surface area contributed by atoms with Crippen molar-refractivity contribution >= 4 is 32.8 Å². The van der Waals surface area contributed by atoms with Crippen LogP contribution in [0, 0.1) is 0 Å². The van der Waals surface area contributed by atoms with E-state index in [2.05, 4.69) is 89.3 Å². The van der Waals surface area contributed by atoms with Gasteiger partial charge in [-0.05, 0) is 47.5 Å². The molecule has 4 aromatic carbocycles. The number of fused-ring (bicyclic) bond motifs is 5. The summed E-state index contributed by atoms with van der Waals surface area (Å²) in [5.41, 5.74) is 9.13. The number of para-hydroxylation sites is 1. The van der Waals surface area contributed by atoms with Gasteiger partial charge in [0.15, 0.2) is 11.5 Å². The van der Waals surface area contributed by atoms with Crippen LogP contribution in [0.4, 0.5) is 0 Å². The van der Waals surface area contributed by atoms with Gasteiger partial charge in [-0.2, -0.15) is 0 Å². The predicted molar refractivity (Wildman–Crippen MR) is 152 cm³/mol. The molecular formula is C33H22N4O. The van der Waals surface area contributed by atoms with Gasteiger partial charge in [-0.15, -0.1) is 0 Å². The molecule has 38 heavy (non-hydrogen) atoms. The highest BCUT2D eigenvalue weighted by molar-refractivity contribution is 6.03. The van der Waals surface area contributed by atoms with Crippen molar-refractivity contribution in [3.63, 3.8) is 0 Å². The Morgan fingerprint density at radius 3 is 2.34 bits per heavy atom. The Morgan fingerprint density at radius 2 is 1.47 bits per heavy atom. The van der Waals surface area contributed by atoms with E-state index in [0.717, 1.165) is 84.7 Å². The number of hydrogen-bond acceptors (Lipinski definition) is 4. The first-order valence-electron chi connectivity index (χ1n) is 12.8. The van der Waals surface area contributed by atoms with Crippen molar-refractivity contribution in [1.29, 1.82) is 0 Å². The maximum absolute atomic E-state index is 6.36. The average Bonchev–Trinajstić information content (AvgIpc) is 3.37. The van der Waals surface area contributed by atoms with Crippen LogP contribution in [0.5, 0.6) is 11.5 Å². The molecular weight excluding hydrogens is 468 g/mol. The lowest BCUT2D eigenvalue weighted by Crippen LogP contribution is -2.07. The summed E-state index contributed by atoms with van der Waals surface area (Å²) >= 11 is 0. The van der Waals surface area contributed by atoms with Crippen LogP contribution in [0.15, 0.2) is 103 Å². The molecule has 0 bridgehead atoms. The molecule has 3 aromatic heterocycles. The van der Waals surface area contributed by atoms with Crippen molar-refractivity contribution in [3.05, 3.63) is 109 Å². The maximum Gasteiger partial charge on any atom is 0.153 e. The summed E-state index contributed by atoms with van der Waals surface area (Å²) in [5.74, 6) is 2.73. The van der Waals surface area contributed by atoms with Crippen molar-refractivity contribution in [1.82, 2.24) is 19.5 Å². The monoisotopic (exact) mass is 490 g/mol. The Morgan fingerprint density at radius 1 is 0.684 bits per heavy atom. The van der Waals surface area contributed by atoms with Gasteiger partial charge in [-0.3, -0.25) is 9.55 Å². The first-order chi connectivity index (χ1) is 18.8. The maximum atomic E-state index is 6.36. The molecule has 0 spiro atoms. The van der Waals surface area contributed by atoms with Crippen molar-refractivity contribution < 1.29 is 4.74 Å². The van der Waals surface area contributed by atoms with Gasteiger partial charge in [0.05, 0.1) is 27.9 Å². The molecule has 0 radical (unpaired) electrons. The number of rotatable bonds is 3. The summed E-state index contributed by atoms with van der Waals surface area (Å²) in [6.07, 6.45) is 2.68. The Balaban J connectivity index is 1.18. The number of aryl methyl sites for hydroxylation is 1. The van der Waals surface area contributed by atoms with Crippen molar-refractivity contribution in [3.8, 4) is 39.6 Å². The van der Waals surface area contributed by atoms with Crippen molar-refractivity contribution in [2.45, 2.75) is 13.3 Å². The van der Waals surface area contributed by atoms with Crippen molar-refractivity contribution in [2.75, 3.05) is 0 Å². The molecule has 8 rings (SSSR count). The first kappa shape index (κ1) is 21.1. The lowest BCUT2D eigenvalue weighted by molar-refractivity contribution is 0.474. The highest BCUT2D eigenvalue weighted by atomic mass is 16.5. The summed E-state index contributed by atoms with van der Waals surface area (Å²) in [5, 5.41) is 2.19. The van der Waals surface area contributed by atoms with E-state index in [1.165, 1.54) is 0 Å². The zero-order valence-corrected chi connectivity index (χ0v) is 20.7. The minimum atomic E-state index is 0.842. The van der Waals surface area contributed by atoms with Crippen LogP contribution in [0.25, 0.3) is 60.9 Å². The minimum Gasteiger partial charge on any atom is -0.453 e. The second-order valence-electron chi connectivity index (χ2n) is 9.61. The molecule has 5 heteroatoms. The Kier molecular flexibility index (Phi) is 4.43. The fourth-order valence-corrected chi connectivity index (χ4v) is 5.52. The molecule has 1 aliphatic rings. The molecule has 4 heterocycles. The SMILES string of the molecule is CCc1nc2cccc3c2n1-c1ccc(-c2ccc(-c4ccc5ccc6cccnc6c5n4)cc2)cc1O3. The molecule has 7 aromatic rings. The summed E-state index contributed by atoms with van der Waals surface area (Å²) < 4.78 is 8.60. The van der Waals surface area contributed by atoms with Crippen LogP contribution in [0.1, 0.15) is 12.7 Å². The molecule has 0 saturated heterocycles. The van der Waals surface area contributed by atoms with E-state index in [-0.39, 0.29) is 0 Å². The summed E-state index contributed by atoms with van der Waals surface area (Å²) in [6, 6.07) is 33.5. The second kappa shape index (κ2) is 7.98. The van der Waals surface area contributed by atoms with Crippen LogP contribution in [0.2, 0.25) is 0 Å². The highest BCUT2D eigenvalue weighted by Gasteiger charge is 2.24. The molecule has 0 aliphatic carbocycles. The number of ether oxygens (including phenoxy) is 1. The third-order valence-electron chi connectivity index (χ3n) is 7.39. The fourth-order valence-electron chi connectivity index (χ4n) is 5.52.